The van der Waals surface area contributed by atoms with E-state index in [1.165, 1.54) is 5.57 Å². The van der Waals surface area contributed by atoms with E-state index in [2.05, 4.69) is 27.4 Å². The number of carbonyl (C=O) groups excluding carboxylic acids is 2. The molecular formula is C22H24N4O2. The predicted octanol–water partition coefficient (Wildman–Crippen LogP) is 4.36. The average molecular weight is 376 g/mol. The number of aromatic amines is 1. The van der Waals surface area contributed by atoms with Crippen LogP contribution >= 0.6 is 0 Å². The fourth-order valence-electron chi connectivity index (χ4n) is 3.86. The second kappa shape index (κ2) is 7.97. The van der Waals surface area contributed by atoms with E-state index >= 15 is 0 Å². The van der Waals surface area contributed by atoms with Gasteiger partial charge in [-0.2, -0.15) is 5.26 Å². The molecule has 4 rings (SSSR count). The SMILES string of the molecule is N#CCCCC(=O)C1CC=C(c2cc(NC(=O)C3CC3)nc3[nH]ccc23)CC1. The molecule has 2 aliphatic rings. The van der Waals surface area contributed by atoms with Gasteiger partial charge in [0, 0.05) is 36.3 Å². The molecule has 0 bridgehead atoms. The van der Waals surface area contributed by atoms with Crippen molar-refractivity contribution in [3.8, 4) is 6.07 Å². The van der Waals surface area contributed by atoms with Crippen molar-refractivity contribution in [1.82, 2.24) is 9.97 Å². The third-order valence-electron chi connectivity index (χ3n) is 5.65. The largest absolute Gasteiger partial charge is 0.346 e. The lowest BCUT2D eigenvalue weighted by molar-refractivity contribution is -0.123. The second-order valence-electron chi connectivity index (χ2n) is 7.74. The summed E-state index contributed by atoms with van der Waals surface area (Å²) < 4.78 is 0. The zero-order valence-corrected chi connectivity index (χ0v) is 15.8. The predicted molar refractivity (Wildman–Crippen MR) is 107 cm³/mol. The number of allylic oxidation sites excluding steroid dienone is 2. The molecule has 28 heavy (non-hydrogen) atoms. The number of nitriles is 1. The summed E-state index contributed by atoms with van der Waals surface area (Å²) in [5, 5.41) is 12.6. The van der Waals surface area contributed by atoms with Crippen molar-refractivity contribution in [1.29, 1.82) is 5.26 Å². The molecular weight excluding hydrogens is 352 g/mol. The van der Waals surface area contributed by atoms with Crippen LogP contribution in [0.15, 0.2) is 24.4 Å². The first kappa shape index (κ1) is 18.4. The Hall–Kier alpha value is -2.94. The summed E-state index contributed by atoms with van der Waals surface area (Å²) in [6, 6.07) is 6.06. The monoisotopic (exact) mass is 376 g/mol. The van der Waals surface area contributed by atoms with Crippen LogP contribution in [-0.2, 0) is 9.59 Å². The van der Waals surface area contributed by atoms with E-state index in [0.717, 1.165) is 48.7 Å². The number of anilines is 1. The number of rotatable bonds is 7. The Morgan fingerprint density at radius 1 is 1.29 bits per heavy atom. The van der Waals surface area contributed by atoms with Gasteiger partial charge in [0.15, 0.2) is 0 Å². The van der Waals surface area contributed by atoms with Gasteiger partial charge in [-0.15, -0.1) is 0 Å². The highest BCUT2D eigenvalue weighted by Crippen LogP contribution is 2.36. The molecule has 2 N–H and O–H groups in total. The number of amides is 1. The zero-order chi connectivity index (χ0) is 19.5. The van der Waals surface area contributed by atoms with Crippen LogP contribution in [0.1, 0.15) is 56.9 Å². The quantitative estimate of drug-likeness (QED) is 0.702. The number of nitrogens with one attached hydrogen (secondary N) is 2. The van der Waals surface area contributed by atoms with E-state index in [9.17, 15) is 9.59 Å². The van der Waals surface area contributed by atoms with Gasteiger partial charge in [-0.05, 0) is 61.8 Å². The van der Waals surface area contributed by atoms with Crippen LogP contribution in [0.5, 0.6) is 0 Å². The molecule has 0 radical (unpaired) electrons. The van der Waals surface area contributed by atoms with E-state index in [0.29, 0.717) is 25.1 Å². The van der Waals surface area contributed by atoms with Gasteiger partial charge in [0.2, 0.25) is 5.91 Å². The molecule has 2 heterocycles. The molecule has 0 aromatic carbocycles. The molecule has 1 unspecified atom stereocenters. The fourth-order valence-corrected chi connectivity index (χ4v) is 3.86. The lowest BCUT2D eigenvalue weighted by atomic mass is 9.82. The maximum atomic E-state index is 12.3. The number of H-pyrrole nitrogens is 1. The highest BCUT2D eigenvalue weighted by Gasteiger charge is 2.30. The van der Waals surface area contributed by atoms with Gasteiger partial charge < -0.3 is 10.3 Å². The molecule has 1 saturated carbocycles. The van der Waals surface area contributed by atoms with Crippen LogP contribution in [0, 0.1) is 23.2 Å². The molecule has 0 spiro atoms. The summed E-state index contributed by atoms with van der Waals surface area (Å²) in [4.78, 5) is 32.1. The Balaban J connectivity index is 1.52. The zero-order valence-electron chi connectivity index (χ0n) is 15.8. The first-order chi connectivity index (χ1) is 13.7. The first-order valence-electron chi connectivity index (χ1n) is 10.0. The number of unbranched alkanes of at least 4 members (excludes halogenated alkanes) is 1. The lowest BCUT2D eigenvalue weighted by Gasteiger charge is -2.22. The van der Waals surface area contributed by atoms with Gasteiger partial charge >= 0.3 is 0 Å². The summed E-state index contributed by atoms with van der Waals surface area (Å²) in [6.45, 7) is 0. The van der Waals surface area contributed by atoms with Gasteiger partial charge in [0.25, 0.3) is 0 Å². The Morgan fingerprint density at radius 2 is 2.14 bits per heavy atom. The van der Waals surface area contributed by atoms with E-state index in [4.69, 9.17) is 5.26 Å². The minimum absolute atomic E-state index is 0.0463. The van der Waals surface area contributed by atoms with Crippen molar-refractivity contribution < 1.29 is 9.59 Å². The van der Waals surface area contributed by atoms with Crippen molar-refractivity contribution >= 4 is 34.1 Å². The number of hydrogen-bond donors (Lipinski definition) is 2. The standard InChI is InChI=1S/C22H24N4O2/c23-11-2-1-3-19(27)15-6-4-14(5-7-15)18-13-20(26-22(28)16-8-9-16)25-21-17(18)10-12-24-21/h4,10,12-13,15-16H,1-3,5-9H2,(H2,24,25,26,28). The molecule has 2 aromatic heterocycles. The molecule has 1 atom stereocenters. The number of carbonyl (C=O) groups is 2. The van der Waals surface area contributed by atoms with Crippen LogP contribution in [0.25, 0.3) is 16.6 Å². The highest BCUT2D eigenvalue weighted by atomic mass is 16.2. The third-order valence-corrected chi connectivity index (χ3v) is 5.65. The van der Waals surface area contributed by atoms with Crippen molar-refractivity contribution in [3.63, 3.8) is 0 Å². The Labute approximate surface area is 164 Å². The summed E-state index contributed by atoms with van der Waals surface area (Å²) in [6.07, 6.45) is 9.91. The fraction of sp³-hybridized carbons (Fsp3) is 0.455. The molecule has 6 nitrogen and oxygen atoms in total. The topological polar surface area (TPSA) is 98.6 Å². The number of ketones is 1. The maximum absolute atomic E-state index is 12.3. The van der Waals surface area contributed by atoms with Crippen LogP contribution in [0.3, 0.4) is 0 Å². The maximum Gasteiger partial charge on any atom is 0.228 e. The van der Waals surface area contributed by atoms with E-state index in [1.807, 2.05) is 18.3 Å². The van der Waals surface area contributed by atoms with E-state index in [-0.39, 0.29) is 23.5 Å². The molecule has 2 aromatic rings. The van der Waals surface area contributed by atoms with Gasteiger partial charge in [0.1, 0.15) is 17.2 Å². The van der Waals surface area contributed by atoms with Gasteiger partial charge in [-0.25, -0.2) is 4.98 Å². The number of nitrogens with zero attached hydrogens (tertiary/aromatic N) is 2. The minimum Gasteiger partial charge on any atom is -0.346 e. The number of Topliss-reactive ketones (excluding diaryl/α,β-unsaturated/α-hetero) is 1. The number of fused-ring (bicyclic) bond motifs is 1. The van der Waals surface area contributed by atoms with Crippen molar-refractivity contribution in [2.75, 3.05) is 5.32 Å². The molecule has 144 valence electrons. The molecule has 1 amide bonds. The Kier molecular flexibility index (Phi) is 5.25. The van der Waals surface area contributed by atoms with E-state index in [1.54, 1.807) is 0 Å². The van der Waals surface area contributed by atoms with Crippen LogP contribution in [0.4, 0.5) is 5.82 Å². The number of aromatic nitrogens is 2. The second-order valence-corrected chi connectivity index (χ2v) is 7.74. The van der Waals surface area contributed by atoms with Gasteiger partial charge in [-0.1, -0.05) is 6.08 Å². The molecule has 1 fully saturated rings. The number of pyridine rings is 1. The van der Waals surface area contributed by atoms with Crippen molar-refractivity contribution in [3.05, 3.63) is 30.0 Å². The normalized spacial score (nSPS) is 19.1. The minimum atomic E-state index is 0.0463. The smallest absolute Gasteiger partial charge is 0.228 e. The number of hydrogen-bond acceptors (Lipinski definition) is 4. The van der Waals surface area contributed by atoms with Crippen LogP contribution in [0.2, 0.25) is 0 Å². The summed E-state index contributed by atoms with van der Waals surface area (Å²) in [7, 11) is 0. The average Bonchev–Trinajstić information content (AvgIpc) is 3.46. The molecule has 0 aliphatic heterocycles. The summed E-state index contributed by atoms with van der Waals surface area (Å²) >= 11 is 0. The molecule has 6 heteroatoms. The van der Waals surface area contributed by atoms with Gasteiger partial charge in [-0.3, -0.25) is 9.59 Å². The van der Waals surface area contributed by atoms with Crippen molar-refractivity contribution in [2.24, 2.45) is 11.8 Å². The summed E-state index contributed by atoms with van der Waals surface area (Å²) in [5.41, 5.74) is 3.04. The molecule has 2 aliphatic carbocycles. The van der Waals surface area contributed by atoms with E-state index < -0.39 is 0 Å². The summed E-state index contributed by atoms with van der Waals surface area (Å²) in [5.74, 6) is 1.08. The van der Waals surface area contributed by atoms with Gasteiger partial charge in [0.05, 0.1) is 6.07 Å². The third kappa shape index (κ3) is 3.99. The highest BCUT2D eigenvalue weighted by molar-refractivity contribution is 5.97. The molecule has 0 saturated heterocycles. The lowest BCUT2D eigenvalue weighted by Crippen LogP contribution is -2.17. The Bertz CT molecular complexity index is 978. The van der Waals surface area contributed by atoms with Crippen LogP contribution < -0.4 is 5.32 Å². The van der Waals surface area contributed by atoms with Crippen LogP contribution in [-0.4, -0.2) is 21.7 Å². The van der Waals surface area contributed by atoms with Crippen molar-refractivity contribution in [2.45, 2.75) is 51.4 Å². The first-order valence-corrected chi connectivity index (χ1v) is 10.0. The Morgan fingerprint density at radius 3 is 2.86 bits per heavy atom.